The zero-order valence-corrected chi connectivity index (χ0v) is 9.65. The van der Waals surface area contributed by atoms with Gasteiger partial charge in [0.2, 0.25) is 0 Å². The fourth-order valence-corrected chi connectivity index (χ4v) is 1.39. The molecule has 0 saturated carbocycles. The summed E-state index contributed by atoms with van der Waals surface area (Å²) in [6, 6.07) is 1.83. The van der Waals surface area contributed by atoms with E-state index in [9.17, 15) is 0 Å². The van der Waals surface area contributed by atoms with Crippen LogP contribution in [0.5, 0.6) is 0 Å². The molecule has 0 atom stereocenters. The first kappa shape index (κ1) is 9.45. The Morgan fingerprint density at radius 2 is 2.29 bits per heavy atom. The van der Waals surface area contributed by atoms with Gasteiger partial charge in [-0.2, -0.15) is 0 Å². The summed E-state index contributed by atoms with van der Waals surface area (Å²) in [7, 11) is 0. The molecule has 14 heavy (non-hydrogen) atoms. The maximum Gasteiger partial charge on any atom is 0.165 e. The molecule has 4 nitrogen and oxygen atoms in total. The molecule has 2 aromatic heterocycles. The highest BCUT2D eigenvalue weighted by atomic mass is 127. The fraction of sp³-hybridized carbons (Fsp3) is 0.111. The lowest BCUT2D eigenvalue weighted by Crippen LogP contribution is -1.98. The van der Waals surface area contributed by atoms with Crippen LogP contribution in [0.4, 0.5) is 5.82 Å². The van der Waals surface area contributed by atoms with Crippen LogP contribution < -0.4 is 5.73 Å². The van der Waals surface area contributed by atoms with Gasteiger partial charge in [0.1, 0.15) is 11.6 Å². The number of aromatic nitrogens is 2. The lowest BCUT2D eigenvalue weighted by Gasteiger charge is -2.00. The van der Waals surface area contributed by atoms with Crippen LogP contribution in [0.25, 0.3) is 11.4 Å². The third-order valence-electron chi connectivity index (χ3n) is 1.87. The maximum absolute atomic E-state index is 5.69. The number of hydrogen-bond acceptors (Lipinski definition) is 4. The summed E-state index contributed by atoms with van der Waals surface area (Å²) in [6.45, 7) is 1.87. The van der Waals surface area contributed by atoms with E-state index in [-0.39, 0.29) is 0 Å². The molecule has 0 radical (unpaired) electrons. The molecule has 0 spiro atoms. The highest BCUT2D eigenvalue weighted by Crippen LogP contribution is 2.22. The van der Waals surface area contributed by atoms with Crippen LogP contribution in [0.15, 0.2) is 22.9 Å². The molecule has 5 heteroatoms. The zero-order chi connectivity index (χ0) is 10.1. The van der Waals surface area contributed by atoms with Crippen molar-refractivity contribution in [1.82, 2.24) is 9.97 Å². The predicted molar refractivity (Wildman–Crippen MR) is 61.6 cm³/mol. The monoisotopic (exact) mass is 301 g/mol. The Hall–Kier alpha value is -1.11. The fourth-order valence-electron chi connectivity index (χ4n) is 1.13. The largest absolute Gasteiger partial charge is 0.469 e. The summed E-state index contributed by atoms with van der Waals surface area (Å²) in [5.74, 6) is 1.90. The van der Waals surface area contributed by atoms with Crippen LogP contribution in [0.3, 0.4) is 0 Å². The quantitative estimate of drug-likeness (QED) is 0.820. The van der Waals surface area contributed by atoms with Gasteiger partial charge in [-0.15, -0.1) is 0 Å². The van der Waals surface area contributed by atoms with Gasteiger partial charge in [0.05, 0.1) is 15.4 Å². The maximum atomic E-state index is 5.69. The normalized spacial score (nSPS) is 10.4. The number of rotatable bonds is 1. The first-order valence-electron chi connectivity index (χ1n) is 4.01. The van der Waals surface area contributed by atoms with Crippen molar-refractivity contribution in [3.63, 3.8) is 0 Å². The first-order chi connectivity index (χ1) is 6.68. The highest BCUT2D eigenvalue weighted by Gasteiger charge is 2.08. The van der Waals surface area contributed by atoms with Crippen molar-refractivity contribution >= 4 is 28.4 Å². The Labute approximate surface area is 94.7 Å². The van der Waals surface area contributed by atoms with E-state index in [1.807, 2.05) is 13.0 Å². The SMILES string of the molecule is Cc1occc1-c1ncc(I)c(N)n1. The lowest BCUT2D eigenvalue weighted by atomic mass is 10.2. The van der Waals surface area contributed by atoms with E-state index in [2.05, 4.69) is 32.6 Å². The van der Waals surface area contributed by atoms with Crippen molar-refractivity contribution < 1.29 is 4.42 Å². The number of furan rings is 1. The van der Waals surface area contributed by atoms with Crippen molar-refractivity contribution in [2.24, 2.45) is 0 Å². The predicted octanol–water partition coefficient (Wildman–Crippen LogP) is 2.23. The molecular formula is C9H8IN3O. The molecule has 0 unspecified atom stereocenters. The summed E-state index contributed by atoms with van der Waals surface area (Å²) in [4.78, 5) is 8.36. The first-order valence-corrected chi connectivity index (χ1v) is 5.09. The minimum atomic E-state index is 0.496. The van der Waals surface area contributed by atoms with Crippen LogP contribution in [-0.4, -0.2) is 9.97 Å². The molecule has 0 saturated heterocycles. The molecule has 2 aromatic rings. The number of nitrogens with two attached hydrogens (primary N) is 1. The summed E-state index contributed by atoms with van der Waals surface area (Å²) in [6.07, 6.45) is 3.31. The number of aryl methyl sites for hydroxylation is 1. The van der Waals surface area contributed by atoms with Crippen molar-refractivity contribution in [3.8, 4) is 11.4 Å². The molecule has 0 aliphatic rings. The number of nitrogen functional groups attached to an aromatic ring is 1. The smallest absolute Gasteiger partial charge is 0.165 e. The Bertz CT molecular complexity index is 467. The molecule has 0 amide bonds. The Kier molecular flexibility index (Phi) is 2.40. The standard InChI is InChI=1S/C9H8IN3O/c1-5-6(2-3-14-5)9-12-4-7(10)8(11)13-9/h2-4H,1H3,(H2,11,12,13). The van der Waals surface area contributed by atoms with E-state index in [0.717, 1.165) is 14.9 Å². The summed E-state index contributed by atoms with van der Waals surface area (Å²) in [5, 5.41) is 0. The molecule has 0 aliphatic heterocycles. The lowest BCUT2D eigenvalue weighted by molar-refractivity contribution is 0.535. The van der Waals surface area contributed by atoms with E-state index in [0.29, 0.717) is 11.6 Å². The van der Waals surface area contributed by atoms with E-state index < -0.39 is 0 Å². The number of hydrogen-bond donors (Lipinski definition) is 1. The van der Waals surface area contributed by atoms with Crippen LogP contribution >= 0.6 is 22.6 Å². The van der Waals surface area contributed by atoms with E-state index in [4.69, 9.17) is 10.2 Å². The van der Waals surface area contributed by atoms with Gasteiger partial charge in [-0.1, -0.05) is 0 Å². The van der Waals surface area contributed by atoms with Crippen LogP contribution in [0.2, 0.25) is 0 Å². The van der Waals surface area contributed by atoms with Crippen molar-refractivity contribution in [2.75, 3.05) is 5.73 Å². The molecule has 2 heterocycles. The second-order valence-corrected chi connectivity index (χ2v) is 3.98. The van der Waals surface area contributed by atoms with Gasteiger partial charge in [-0.25, -0.2) is 9.97 Å². The van der Waals surface area contributed by atoms with Gasteiger partial charge in [-0.3, -0.25) is 0 Å². The van der Waals surface area contributed by atoms with E-state index >= 15 is 0 Å². The van der Waals surface area contributed by atoms with Gasteiger partial charge in [0.15, 0.2) is 5.82 Å². The minimum Gasteiger partial charge on any atom is -0.469 e. The second-order valence-electron chi connectivity index (χ2n) is 2.82. The van der Waals surface area contributed by atoms with Crippen LogP contribution in [-0.2, 0) is 0 Å². The molecule has 0 aromatic carbocycles. The number of nitrogens with zero attached hydrogens (tertiary/aromatic N) is 2. The van der Waals surface area contributed by atoms with Crippen molar-refractivity contribution in [1.29, 1.82) is 0 Å². The number of anilines is 1. The van der Waals surface area contributed by atoms with Gasteiger partial charge < -0.3 is 10.2 Å². The molecular weight excluding hydrogens is 293 g/mol. The Balaban J connectivity index is 2.53. The average Bonchev–Trinajstić information content (AvgIpc) is 2.57. The van der Waals surface area contributed by atoms with Gasteiger partial charge in [-0.05, 0) is 35.6 Å². The Morgan fingerprint density at radius 3 is 2.86 bits per heavy atom. The van der Waals surface area contributed by atoms with Crippen molar-refractivity contribution in [3.05, 3.63) is 27.9 Å². The van der Waals surface area contributed by atoms with Gasteiger partial charge in [0.25, 0.3) is 0 Å². The van der Waals surface area contributed by atoms with Gasteiger partial charge >= 0.3 is 0 Å². The van der Waals surface area contributed by atoms with Crippen molar-refractivity contribution in [2.45, 2.75) is 6.92 Å². The second kappa shape index (κ2) is 3.56. The Morgan fingerprint density at radius 1 is 1.50 bits per heavy atom. The van der Waals surface area contributed by atoms with E-state index in [1.165, 1.54) is 0 Å². The van der Waals surface area contributed by atoms with Crippen LogP contribution in [0.1, 0.15) is 5.76 Å². The third kappa shape index (κ3) is 1.59. The summed E-state index contributed by atoms with van der Waals surface area (Å²) < 4.78 is 6.02. The molecule has 2 N–H and O–H groups in total. The molecule has 0 bridgehead atoms. The molecule has 2 rings (SSSR count). The zero-order valence-electron chi connectivity index (χ0n) is 7.49. The average molecular weight is 301 g/mol. The molecule has 0 fully saturated rings. The molecule has 0 aliphatic carbocycles. The minimum absolute atomic E-state index is 0.496. The molecule has 72 valence electrons. The van der Waals surface area contributed by atoms with Crippen LogP contribution in [0, 0.1) is 10.5 Å². The third-order valence-corrected chi connectivity index (χ3v) is 2.70. The summed E-state index contributed by atoms with van der Waals surface area (Å²) >= 11 is 2.09. The summed E-state index contributed by atoms with van der Waals surface area (Å²) in [5.41, 5.74) is 6.57. The number of halogens is 1. The van der Waals surface area contributed by atoms with E-state index in [1.54, 1.807) is 12.5 Å². The van der Waals surface area contributed by atoms with Gasteiger partial charge in [0, 0.05) is 6.20 Å². The highest BCUT2D eigenvalue weighted by molar-refractivity contribution is 14.1. The topological polar surface area (TPSA) is 64.9 Å².